The van der Waals surface area contributed by atoms with Gasteiger partial charge in [0.25, 0.3) is 0 Å². The Labute approximate surface area is 131 Å². The molecule has 0 N–H and O–H groups in total. The summed E-state index contributed by atoms with van der Waals surface area (Å²) >= 11 is 0. The molecule has 0 bridgehead atoms. The van der Waals surface area contributed by atoms with Crippen molar-refractivity contribution in [3.63, 3.8) is 0 Å². The maximum Gasteiger partial charge on any atom is 0.155 e. The zero-order valence-corrected chi connectivity index (χ0v) is 13.4. The first-order valence-corrected chi connectivity index (χ1v) is 8.64. The van der Waals surface area contributed by atoms with Gasteiger partial charge in [0, 0.05) is 30.6 Å². The molecule has 0 heterocycles. The summed E-state index contributed by atoms with van der Waals surface area (Å²) in [5, 5.41) is 0. The second-order valence-electron chi connectivity index (χ2n) is 8.41. The molecule has 3 saturated carbocycles. The fraction of sp³-hybridized carbons (Fsp3) is 0.737. The molecule has 22 heavy (non-hydrogen) atoms. The normalized spacial score (nSPS) is 50.5. The predicted octanol–water partition coefficient (Wildman–Crippen LogP) is 3.12. The van der Waals surface area contributed by atoms with Gasteiger partial charge in [-0.25, -0.2) is 0 Å². The zero-order valence-electron chi connectivity index (χ0n) is 13.4. The van der Waals surface area contributed by atoms with Gasteiger partial charge in [-0.1, -0.05) is 19.9 Å². The Morgan fingerprint density at radius 1 is 1.09 bits per heavy atom. The molecule has 0 amide bonds. The number of fused-ring (bicyclic) bond motifs is 5. The number of carbonyl (C=O) groups is 3. The molecule has 0 aromatic heterocycles. The van der Waals surface area contributed by atoms with E-state index in [4.69, 9.17) is 0 Å². The molecule has 0 aromatic carbocycles. The zero-order chi connectivity index (χ0) is 15.7. The van der Waals surface area contributed by atoms with Gasteiger partial charge in [-0.2, -0.15) is 0 Å². The van der Waals surface area contributed by atoms with E-state index in [2.05, 4.69) is 6.92 Å². The maximum absolute atomic E-state index is 13.0. The summed E-state index contributed by atoms with van der Waals surface area (Å²) in [6.07, 6.45) is 8.34. The van der Waals surface area contributed by atoms with Crippen molar-refractivity contribution in [2.24, 2.45) is 34.5 Å². The summed E-state index contributed by atoms with van der Waals surface area (Å²) < 4.78 is 0. The Morgan fingerprint density at radius 3 is 2.64 bits per heavy atom. The standard InChI is InChI=1S/C19H24O3/c1-18-8-7-12(20)9-11(18)3-4-13-14-5-6-16(22)19(14,2)10-15(21)17(13)18/h7-8,11,13-14,17H,3-6,9-10H2,1-2H3/t11-,13-,14-,17+,18-,19-/m0/s1. The quantitative estimate of drug-likeness (QED) is 0.690. The highest BCUT2D eigenvalue weighted by atomic mass is 16.1. The SMILES string of the molecule is C[C@]12C=CC(=O)C[C@@H]1CC[C@@H]1[C@@H]2C(=O)C[C@]2(C)C(=O)CC[C@@H]12. The van der Waals surface area contributed by atoms with Crippen molar-refractivity contribution in [2.45, 2.75) is 52.4 Å². The van der Waals surface area contributed by atoms with Gasteiger partial charge in [-0.15, -0.1) is 0 Å². The molecule has 118 valence electrons. The van der Waals surface area contributed by atoms with Crippen LogP contribution in [0.25, 0.3) is 0 Å². The highest BCUT2D eigenvalue weighted by Crippen LogP contribution is 2.63. The Bertz CT molecular complexity index is 604. The Morgan fingerprint density at radius 2 is 1.86 bits per heavy atom. The predicted molar refractivity (Wildman–Crippen MR) is 82.0 cm³/mol. The molecule has 0 aliphatic heterocycles. The van der Waals surface area contributed by atoms with E-state index in [9.17, 15) is 14.4 Å². The van der Waals surface area contributed by atoms with Crippen LogP contribution in [0.4, 0.5) is 0 Å². The van der Waals surface area contributed by atoms with Gasteiger partial charge < -0.3 is 0 Å². The highest BCUT2D eigenvalue weighted by Gasteiger charge is 2.62. The van der Waals surface area contributed by atoms with Crippen molar-refractivity contribution in [3.8, 4) is 0 Å². The monoisotopic (exact) mass is 300 g/mol. The van der Waals surface area contributed by atoms with Gasteiger partial charge in [0.2, 0.25) is 0 Å². The number of hydrogen-bond donors (Lipinski definition) is 0. The van der Waals surface area contributed by atoms with Crippen LogP contribution >= 0.6 is 0 Å². The third-order valence-electron chi connectivity index (χ3n) is 7.45. The average Bonchev–Trinajstić information content (AvgIpc) is 2.75. The number of ketones is 3. The molecule has 0 unspecified atom stereocenters. The first-order chi connectivity index (χ1) is 10.4. The van der Waals surface area contributed by atoms with Crippen molar-refractivity contribution in [1.29, 1.82) is 0 Å². The van der Waals surface area contributed by atoms with Crippen LogP contribution in [0.15, 0.2) is 12.2 Å². The van der Waals surface area contributed by atoms with E-state index in [0.29, 0.717) is 42.8 Å². The van der Waals surface area contributed by atoms with E-state index in [1.165, 1.54) is 0 Å². The number of allylic oxidation sites excluding steroid dienone is 2. The molecule has 4 rings (SSSR count). The lowest BCUT2D eigenvalue weighted by Gasteiger charge is -2.56. The minimum absolute atomic E-state index is 0.0135. The minimum Gasteiger partial charge on any atom is -0.299 e. The molecule has 0 radical (unpaired) electrons. The van der Waals surface area contributed by atoms with Gasteiger partial charge in [-0.3, -0.25) is 14.4 Å². The maximum atomic E-state index is 13.0. The molecule has 0 spiro atoms. The molecule has 0 aromatic rings. The van der Waals surface area contributed by atoms with E-state index in [1.54, 1.807) is 6.08 Å². The van der Waals surface area contributed by atoms with Crippen LogP contribution in [-0.2, 0) is 14.4 Å². The van der Waals surface area contributed by atoms with Crippen molar-refractivity contribution >= 4 is 17.3 Å². The minimum atomic E-state index is -0.407. The molecule has 4 aliphatic rings. The summed E-state index contributed by atoms with van der Waals surface area (Å²) in [6, 6.07) is 0. The molecule has 6 atom stereocenters. The second-order valence-corrected chi connectivity index (χ2v) is 8.41. The first-order valence-electron chi connectivity index (χ1n) is 8.64. The molecule has 3 nitrogen and oxygen atoms in total. The Hall–Kier alpha value is -1.25. The van der Waals surface area contributed by atoms with Crippen LogP contribution in [0.1, 0.15) is 52.4 Å². The summed E-state index contributed by atoms with van der Waals surface area (Å²) in [7, 11) is 0. The van der Waals surface area contributed by atoms with Gasteiger partial charge in [0.15, 0.2) is 5.78 Å². The van der Waals surface area contributed by atoms with Crippen LogP contribution in [0.5, 0.6) is 0 Å². The van der Waals surface area contributed by atoms with Crippen LogP contribution in [0.2, 0.25) is 0 Å². The number of hydrogen-bond acceptors (Lipinski definition) is 3. The lowest BCUT2D eigenvalue weighted by molar-refractivity contribution is -0.154. The topological polar surface area (TPSA) is 51.2 Å². The third-order valence-corrected chi connectivity index (χ3v) is 7.45. The molecular formula is C19H24O3. The smallest absolute Gasteiger partial charge is 0.155 e. The van der Waals surface area contributed by atoms with Crippen molar-refractivity contribution in [1.82, 2.24) is 0 Å². The summed E-state index contributed by atoms with van der Waals surface area (Å²) in [6.45, 7) is 4.20. The van der Waals surface area contributed by atoms with E-state index in [0.717, 1.165) is 19.3 Å². The Balaban J connectivity index is 1.77. The second kappa shape index (κ2) is 4.39. The van der Waals surface area contributed by atoms with Crippen LogP contribution < -0.4 is 0 Å². The number of rotatable bonds is 0. The van der Waals surface area contributed by atoms with Crippen LogP contribution in [-0.4, -0.2) is 17.3 Å². The molecular weight excluding hydrogens is 276 g/mol. The largest absolute Gasteiger partial charge is 0.299 e. The summed E-state index contributed by atoms with van der Waals surface area (Å²) in [5.74, 6) is 1.78. The fourth-order valence-electron chi connectivity index (χ4n) is 6.24. The van der Waals surface area contributed by atoms with Gasteiger partial charge in [0.1, 0.15) is 11.6 Å². The lowest BCUT2D eigenvalue weighted by Crippen LogP contribution is -2.56. The number of Topliss-reactive ketones (excluding diaryl/α,β-unsaturated/α-hetero) is 2. The molecule has 4 aliphatic carbocycles. The van der Waals surface area contributed by atoms with Crippen LogP contribution in [0.3, 0.4) is 0 Å². The average molecular weight is 300 g/mol. The van der Waals surface area contributed by atoms with E-state index in [1.807, 2.05) is 13.0 Å². The molecule has 3 fully saturated rings. The highest BCUT2D eigenvalue weighted by molar-refractivity contribution is 5.96. The fourth-order valence-corrected chi connectivity index (χ4v) is 6.24. The Kier molecular flexibility index (Phi) is 2.87. The van der Waals surface area contributed by atoms with E-state index < -0.39 is 5.41 Å². The van der Waals surface area contributed by atoms with Crippen molar-refractivity contribution in [2.75, 3.05) is 0 Å². The summed E-state index contributed by atoms with van der Waals surface area (Å²) in [5.41, 5.74) is -0.587. The van der Waals surface area contributed by atoms with Crippen LogP contribution in [0, 0.1) is 34.5 Å². The van der Waals surface area contributed by atoms with Gasteiger partial charge >= 0.3 is 0 Å². The first kappa shape index (κ1) is 14.3. The van der Waals surface area contributed by atoms with Crippen molar-refractivity contribution in [3.05, 3.63) is 12.2 Å². The molecule has 3 heteroatoms. The third kappa shape index (κ3) is 1.65. The lowest BCUT2D eigenvalue weighted by atomic mass is 9.46. The van der Waals surface area contributed by atoms with E-state index in [-0.39, 0.29) is 22.9 Å². The van der Waals surface area contributed by atoms with Gasteiger partial charge in [-0.05, 0) is 48.5 Å². The van der Waals surface area contributed by atoms with E-state index >= 15 is 0 Å². The summed E-state index contributed by atoms with van der Waals surface area (Å²) in [4.78, 5) is 37.1. The van der Waals surface area contributed by atoms with Crippen molar-refractivity contribution < 1.29 is 14.4 Å². The molecule has 0 saturated heterocycles. The number of carbonyl (C=O) groups excluding carboxylic acids is 3. The van der Waals surface area contributed by atoms with Gasteiger partial charge in [0.05, 0.1) is 0 Å².